The number of hydrogen-bond acceptors (Lipinski definition) is 5. The van der Waals surface area contributed by atoms with E-state index >= 15 is 0 Å². The number of ether oxygens (including phenoxy) is 1. The predicted molar refractivity (Wildman–Crippen MR) is 58.8 cm³/mol. The maximum atomic E-state index is 10.5. The zero-order valence-electron chi connectivity index (χ0n) is 9.67. The normalized spacial score (nSPS) is 33.1. The van der Waals surface area contributed by atoms with E-state index in [9.17, 15) is 10.1 Å². The molecule has 0 amide bonds. The lowest BCUT2D eigenvalue weighted by Gasteiger charge is -2.33. The van der Waals surface area contributed by atoms with Gasteiger partial charge in [-0.15, -0.1) is 0 Å². The Labute approximate surface area is 95.3 Å². The van der Waals surface area contributed by atoms with Crippen LogP contribution in [0.25, 0.3) is 0 Å². The van der Waals surface area contributed by atoms with Gasteiger partial charge in [-0.05, 0) is 13.5 Å². The van der Waals surface area contributed by atoms with Gasteiger partial charge in [0.2, 0.25) is 0 Å². The average Bonchev–Trinajstić information content (AvgIpc) is 2.70. The lowest BCUT2D eigenvalue weighted by molar-refractivity contribution is -0.571. The van der Waals surface area contributed by atoms with Crippen molar-refractivity contribution >= 4 is 0 Å². The molecule has 2 fully saturated rings. The highest BCUT2D eigenvalue weighted by Gasteiger charge is 2.34. The predicted octanol–water partition coefficient (Wildman–Crippen LogP) is 0.0156. The van der Waals surface area contributed by atoms with Crippen molar-refractivity contribution in [2.45, 2.75) is 25.2 Å². The van der Waals surface area contributed by atoms with E-state index in [2.05, 4.69) is 16.8 Å². The van der Waals surface area contributed by atoms with Crippen molar-refractivity contribution in [1.82, 2.24) is 9.80 Å². The Balaban J connectivity index is 1.73. The summed E-state index contributed by atoms with van der Waals surface area (Å²) in [6.07, 6.45) is 0.667. The van der Waals surface area contributed by atoms with Gasteiger partial charge in [0, 0.05) is 39.1 Å². The molecule has 2 aliphatic heterocycles. The molecular weight excluding hydrogens is 210 g/mol. The van der Waals surface area contributed by atoms with Crippen LogP contribution in [0.15, 0.2) is 0 Å². The molecule has 92 valence electrons. The number of rotatable bonds is 3. The van der Waals surface area contributed by atoms with Crippen LogP contribution in [-0.4, -0.2) is 66.8 Å². The van der Waals surface area contributed by atoms with Crippen LogP contribution in [0.5, 0.6) is 0 Å². The molecule has 0 aromatic carbocycles. The molecule has 2 saturated heterocycles. The first-order chi connectivity index (χ1) is 7.65. The highest BCUT2D eigenvalue weighted by Crippen LogP contribution is 2.21. The third-order valence-electron chi connectivity index (χ3n) is 3.38. The summed E-state index contributed by atoms with van der Waals surface area (Å²) in [6, 6.07) is 0. The molecule has 6 heteroatoms. The number of hydrogen-bond donors (Lipinski definition) is 0. The summed E-state index contributed by atoms with van der Waals surface area (Å²) < 4.78 is 5.40. The van der Waals surface area contributed by atoms with E-state index in [0.29, 0.717) is 6.42 Å². The molecule has 0 radical (unpaired) electrons. The van der Waals surface area contributed by atoms with Gasteiger partial charge in [-0.3, -0.25) is 15.0 Å². The number of piperazine rings is 1. The number of likely N-dealkylation sites (N-methyl/N-ethyl adjacent to an activating group) is 1. The molecule has 0 spiro atoms. The quantitative estimate of drug-likeness (QED) is 0.504. The van der Waals surface area contributed by atoms with Crippen molar-refractivity contribution in [3.05, 3.63) is 10.1 Å². The van der Waals surface area contributed by atoms with Crippen molar-refractivity contribution in [3.63, 3.8) is 0 Å². The Hall–Kier alpha value is -0.720. The topological polar surface area (TPSA) is 58.9 Å². The first-order valence-electron chi connectivity index (χ1n) is 5.85. The van der Waals surface area contributed by atoms with E-state index in [1.807, 2.05) is 0 Å². The molecule has 0 saturated carbocycles. The smallest absolute Gasteiger partial charge is 0.312 e. The van der Waals surface area contributed by atoms with Gasteiger partial charge in [0.15, 0.2) is 0 Å². The molecule has 0 N–H and O–H groups in total. The summed E-state index contributed by atoms with van der Waals surface area (Å²) >= 11 is 0. The third-order valence-corrected chi connectivity index (χ3v) is 3.38. The molecule has 2 aliphatic rings. The lowest BCUT2D eigenvalue weighted by Crippen LogP contribution is -2.47. The Morgan fingerprint density at radius 1 is 1.31 bits per heavy atom. The minimum atomic E-state index is -0.766. The molecule has 2 atom stereocenters. The highest BCUT2D eigenvalue weighted by molar-refractivity contribution is 4.76. The monoisotopic (exact) mass is 229 g/mol. The van der Waals surface area contributed by atoms with Gasteiger partial charge >= 0.3 is 6.23 Å². The molecule has 0 aliphatic carbocycles. The van der Waals surface area contributed by atoms with Gasteiger partial charge in [-0.25, -0.2) is 0 Å². The van der Waals surface area contributed by atoms with Gasteiger partial charge in [0.05, 0.1) is 11.0 Å². The summed E-state index contributed by atoms with van der Waals surface area (Å²) in [4.78, 5) is 14.9. The van der Waals surface area contributed by atoms with Crippen LogP contribution in [0.4, 0.5) is 0 Å². The Morgan fingerprint density at radius 3 is 2.56 bits per heavy atom. The van der Waals surface area contributed by atoms with Gasteiger partial charge in [0.1, 0.15) is 0 Å². The van der Waals surface area contributed by atoms with E-state index in [1.54, 1.807) is 0 Å². The van der Waals surface area contributed by atoms with E-state index in [1.165, 1.54) is 0 Å². The summed E-state index contributed by atoms with van der Waals surface area (Å²) in [7, 11) is 2.12. The third kappa shape index (κ3) is 2.90. The van der Waals surface area contributed by atoms with Crippen molar-refractivity contribution in [3.8, 4) is 0 Å². The fourth-order valence-corrected chi connectivity index (χ4v) is 2.29. The average molecular weight is 229 g/mol. The Morgan fingerprint density at radius 2 is 2.00 bits per heavy atom. The molecule has 0 aromatic heterocycles. The molecule has 16 heavy (non-hydrogen) atoms. The molecule has 0 unspecified atom stereocenters. The zero-order valence-corrected chi connectivity index (χ0v) is 9.67. The van der Waals surface area contributed by atoms with E-state index in [4.69, 9.17) is 4.74 Å². The maximum absolute atomic E-state index is 10.5. The Bertz CT molecular complexity index is 254. The Kier molecular flexibility index (Phi) is 3.73. The standard InChI is InChI=1S/C10H19N3O3/c1-11-4-6-12(7-5-11)8-9-2-3-10(16-9)13(14)15/h9-10H,2-8H2,1H3/t9-,10-/m1/s1. The number of nitrogens with zero attached hydrogens (tertiary/aromatic N) is 3. The zero-order chi connectivity index (χ0) is 11.5. The van der Waals surface area contributed by atoms with E-state index in [-0.39, 0.29) is 11.0 Å². The maximum Gasteiger partial charge on any atom is 0.315 e. The van der Waals surface area contributed by atoms with Crippen LogP contribution < -0.4 is 0 Å². The fraction of sp³-hybridized carbons (Fsp3) is 1.00. The van der Waals surface area contributed by atoms with Crippen LogP contribution in [0.3, 0.4) is 0 Å². The van der Waals surface area contributed by atoms with Crippen molar-refractivity contribution in [2.75, 3.05) is 39.8 Å². The van der Waals surface area contributed by atoms with Crippen LogP contribution >= 0.6 is 0 Å². The molecule has 6 nitrogen and oxygen atoms in total. The fourth-order valence-electron chi connectivity index (χ4n) is 2.29. The summed E-state index contributed by atoms with van der Waals surface area (Å²) in [6.45, 7) is 5.08. The van der Waals surface area contributed by atoms with Gasteiger partial charge in [-0.1, -0.05) is 0 Å². The van der Waals surface area contributed by atoms with Crippen LogP contribution in [0, 0.1) is 10.1 Å². The first kappa shape index (κ1) is 11.8. The van der Waals surface area contributed by atoms with Gasteiger partial charge in [0.25, 0.3) is 0 Å². The van der Waals surface area contributed by atoms with Crippen LogP contribution in [0.2, 0.25) is 0 Å². The lowest BCUT2D eigenvalue weighted by atomic mass is 10.2. The van der Waals surface area contributed by atoms with Crippen molar-refractivity contribution < 1.29 is 9.66 Å². The van der Waals surface area contributed by atoms with Crippen LogP contribution in [-0.2, 0) is 4.74 Å². The van der Waals surface area contributed by atoms with E-state index < -0.39 is 6.23 Å². The largest absolute Gasteiger partial charge is 0.315 e. The SMILES string of the molecule is CN1CCN(C[C@H]2CC[C@H]([N+](=O)[O-])O2)CC1. The first-order valence-corrected chi connectivity index (χ1v) is 5.85. The summed E-state index contributed by atoms with van der Waals surface area (Å²) in [5, 5.41) is 10.5. The molecule has 0 bridgehead atoms. The molecule has 2 rings (SSSR count). The van der Waals surface area contributed by atoms with Gasteiger partial charge in [-0.2, -0.15) is 0 Å². The van der Waals surface area contributed by atoms with E-state index in [0.717, 1.165) is 39.1 Å². The van der Waals surface area contributed by atoms with Gasteiger partial charge < -0.3 is 9.64 Å². The second-order valence-corrected chi connectivity index (χ2v) is 4.68. The number of nitro groups is 1. The second kappa shape index (κ2) is 5.07. The minimum absolute atomic E-state index is 0.0545. The second-order valence-electron chi connectivity index (χ2n) is 4.68. The van der Waals surface area contributed by atoms with Crippen molar-refractivity contribution in [1.29, 1.82) is 0 Å². The van der Waals surface area contributed by atoms with Crippen LogP contribution in [0.1, 0.15) is 12.8 Å². The van der Waals surface area contributed by atoms with Crippen molar-refractivity contribution in [2.24, 2.45) is 0 Å². The minimum Gasteiger partial charge on any atom is -0.312 e. The molecule has 2 heterocycles. The molecule has 0 aromatic rings. The summed E-state index contributed by atoms with van der Waals surface area (Å²) in [5.41, 5.74) is 0. The summed E-state index contributed by atoms with van der Waals surface area (Å²) in [5.74, 6) is 0. The molecular formula is C10H19N3O3. The highest BCUT2D eigenvalue weighted by atomic mass is 16.7.